The van der Waals surface area contributed by atoms with E-state index >= 15 is 0 Å². The minimum absolute atomic E-state index is 0.00251. The van der Waals surface area contributed by atoms with E-state index in [2.05, 4.69) is 18.8 Å². The molecule has 0 aromatic rings. The molecule has 2 atom stereocenters. The zero-order valence-corrected chi connectivity index (χ0v) is 21.2. The summed E-state index contributed by atoms with van der Waals surface area (Å²) in [6.07, 6.45) is 23.6. The summed E-state index contributed by atoms with van der Waals surface area (Å²) in [5.74, 6) is 5.78. The van der Waals surface area contributed by atoms with Gasteiger partial charge < -0.3 is 14.2 Å². The van der Waals surface area contributed by atoms with Crippen LogP contribution in [-0.4, -0.2) is 37.4 Å². The summed E-state index contributed by atoms with van der Waals surface area (Å²) in [5.41, 5.74) is -0.872. The van der Waals surface area contributed by atoms with Crippen molar-refractivity contribution < 1.29 is 23.8 Å². The van der Waals surface area contributed by atoms with Crippen molar-refractivity contribution in [2.75, 3.05) is 19.8 Å². The molecule has 5 heteroatoms. The molecule has 1 aliphatic heterocycles. The summed E-state index contributed by atoms with van der Waals surface area (Å²) in [4.78, 5) is 24.0. The number of carbonyl (C=O) groups is 2. The van der Waals surface area contributed by atoms with Crippen LogP contribution in [0.5, 0.6) is 0 Å². The molecule has 34 heavy (non-hydrogen) atoms. The van der Waals surface area contributed by atoms with Crippen molar-refractivity contribution in [3.05, 3.63) is 24.3 Å². The highest BCUT2D eigenvalue weighted by Gasteiger charge is 2.42. The Hall–Kier alpha value is -2.06. The van der Waals surface area contributed by atoms with Gasteiger partial charge in [0.1, 0.15) is 6.61 Å². The molecule has 2 unspecified atom stereocenters. The Morgan fingerprint density at radius 3 is 2.41 bits per heavy atom. The fourth-order valence-electron chi connectivity index (χ4n) is 4.25. The molecule has 0 amide bonds. The van der Waals surface area contributed by atoms with E-state index in [1.54, 1.807) is 0 Å². The fraction of sp³-hybridized carbons (Fsp3) is 0.724. The van der Waals surface area contributed by atoms with Gasteiger partial charge in [-0.3, -0.25) is 9.59 Å². The SMILES string of the molecule is CCCCCCCCCCCCCC(=O)OCC1(COCC2C#CC/C=C\C=C/2)CCC(=O)O1. The summed E-state index contributed by atoms with van der Waals surface area (Å²) in [5, 5.41) is 0. The Kier molecular flexibility index (Phi) is 14.4. The van der Waals surface area contributed by atoms with Crippen molar-refractivity contribution >= 4 is 11.9 Å². The molecule has 2 aliphatic rings. The first-order chi connectivity index (χ1) is 16.6. The lowest BCUT2D eigenvalue weighted by molar-refractivity contribution is -0.169. The largest absolute Gasteiger partial charge is 0.461 e. The molecule has 1 fully saturated rings. The second-order valence-electron chi connectivity index (χ2n) is 9.56. The van der Waals surface area contributed by atoms with Gasteiger partial charge in [-0.2, -0.15) is 0 Å². The molecule has 0 N–H and O–H groups in total. The van der Waals surface area contributed by atoms with Crippen LogP contribution in [0.1, 0.15) is 103 Å². The Bertz CT molecular complexity index is 714. The number of hydrogen-bond acceptors (Lipinski definition) is 5. The second-order valence-corrected chi connectivity index (χ2v) is 9.56. The number of esters is 2. The molecule has 0 aromatic carbocycles. The van der Waals surface area contributed by atoms with Crippen LogP contribution in [0.2, 0.25) is 0 Å². The summed E-state index contributed by atoms with van der Waals surface area (Å²) in [7, 11) is 0. The second kappa shape index (κ2) is 17.4. The number of unbranched alkanes of at least 4 members (excludes halogenated alkanes) is 10. The summed E-state index contributed by atoms with van der Waals surface area (Å²) >= 11 is 0. The molecule has 0 spiro atoms. The van der Waals surface area contributed by atoms with Gasteiger partial charge in [0, 0.05) is 25.7 Å². The van der Waals surface area contributed by atoms with E-state index in [-0.39, 0.29) is 31.1 Å². The minimum atomic E-state index is -0.872. The minimum Gasteiger partial charge on any atom is -0.461 e. The van der Waals surface area contributed by atoms with Crippen molar-refractivity contribution in [3.8, 4) is 11.8 Å². The third-order valence-electron chi connectivity index (χ3n) is 6.36. The molecule has 1 heterocycles. The van der Waals surface area contributed by atoms with Crippen LogP contribution >= 0.6 is 0 Å². The number of rotatable bonds is 18. The molecule has 0 bridgehead atoms. The third kappa shape index (κ3) is 12.4. The lowest BCUT2D eigenvalue weighted by atomic mass is 10.0. The van der Waals surface area contributed by atoms with Gasteiger partial charge in [0.15, 0.2) is 5.60 Å². The molecule has 5 nitrogen and oxygen atoms in total. The number of allylic oxidation sites excluding steroid dienone is 3. The van der Waals surface area contributed by atoms with E-state index in [1.807, 2.05) is 24.3 Å². The van der Waals surface area contributed by atoms with Gasteiger partial charge in [0.05, 0.1) is 19.1 Å². The van der Waals surface area contributed by atoms with Gasteiger partial charge in [-0.05, 0) is 6.42 Å². The summed E-state index contributed by atoms with van der Waals surface area (Å²) in [6.45, 7) is 2.94. The van der Waals surface area contributed by atoms with Gasteiger partial charge in [-0.1, -0.05) is 107 Å². The molecule has 1 saturated heterocycles. The van der Waals surface area contributed by atoms with Gasteiger partial charge >= 0.3 is 11.9 Å². The van der Waals surface area contributed by atoms with Crippen LogP contribution in [0.25, 0.3) is 0 Å². The first-order valence-corrected chi connectivity index (χ1v) is 13.4. The lowest BCUT2D eigenvalue weighted by Crippen LogP contribution is -2.40. The molecule has 0 saturated carbocycles. The summed E-state index contributed by atoms with van der Waals surface area (Å²) in [6, 6.07) is 0. The van der Waals surface area contributed by atoms with Crippen molar-refractivity contribution in [2.24, 2.45) is 5.92 Å². The number of cyclic esters (lactones) is 1. The van der Waals surface area contributed by atoms with E-state index in [0.717, 1.165) is 19.3 Å². The quantitative estimate of drug-likeness (QED) is 0.130. The number of carbonyl (C=O) groups excluding carboxylic acids is 2. The van der Waals surface area contributed by atoms with Crippen molar-refractivity contribution in [2.45, 2.75) is 109 Å². The molecular formula is C29H44O5. The Morgan fingerprint density at radius 1 is 1.03 bits per heavy atom. The maximum absolute atomic E-state index is 12.2. The number of ether oxygens (including phenoxy) is 3. The molecule has 0 radical (unpaired) electrons. The van der Waals surface area contributed by atoms with Crippen LogP contribution in [-0.2, 0) is 23.8 Å². The first kappa shape index (κ1) is 28.2. The molecule has 0 aromatic heterocycles. The highest BCUT2D eigenvalue weighted by Crippen LogP contribution is 2.28. The smallest absolute Gasteiger partial charge is 0.306 e. The lowest BCUT2D eigenvalue weighted by Gasteiger charge is -2.27. The highest BCUT2D eigenvalue weighted by molar-refractivity contribution is 5.72. The van der Waals surface area contributed by atoms with Crippen molar-refractivity contribution in [1.82, 2.24) is 0 Å². The maximum atomic E-state index is 12.2. The zero-order valence-electron chi connectivity index (χ0n) is 21.2. The van der Waals surface area contributed by atoms with Gasteiger partial charge in [-0.15, -0.1) is 0 Å². The van der Waals surface area contributed by atoms with Crippen LogP contribution in [0, 0.1) is 17.8 Å². The van der Waals surface area contributed by atoms with Gasteiger partial charge in [-0.25, -0.2) is 0 Å². The predicted octanol–water partition coefficient (Wildman–Crippen LogP) is 6.46. The van der Waals surface area contributed by atoms with Crippen LogP contribution in [0.15, 0.2) is 24.3 Å². The Balaban J connectivity index is 1.57. The first-order valence-electron chi connectivity index (χ1n) is 13.4. The van der Waals surface area contributed by atoms with Crippen LogP contribution in [0.4, 0.5) is 0 Å². The maximum Gasteiger partial charge on any atom is 0.306 e. The van der Waals surface area contributed by atoms with Crippen LogP contribution < -0.4 is 0 Å². The van der Waals surface area contributed by atoms with E-state index in [4.69, 9.17) is 14.2 Å². The predicted molar refractivity (Wildman–Crippen MR) is 135 cm³/mol. The van der Waals surface area contributed by atoms with Gasteiger partial charge in [0.2, 0.25) is 0 Å². The van der Waals surface area contributed by atoms with E-state index in [9.17, 15) is 9.59 Å². The standard InChI is InChI=1S/C29H44O5/c1-2-3-4-5-6-7-8-9-10-14-17-20-27(30)33-25-29(22-21-28(31)34-29)24-32-23-26-18-15-12-11-13-16-19-26/h11-12,15,18,26H,2-10,13-14,17,20-25H2,1H3/b12-11-,18-15-. The Morgan fingerprint density at radius 2 is 1.74 bits per heavy atom. The molecule has 190 valence electrons. The summed E-state index contributed by atoms with van der Waals surface area (Å²) < 4.78 is 16.9. The van der Waals surface area contributed by atoms with E-state index in [0.29, 0.717) is 25.9 Å². The highest BCUT2D eigenvalue weighted by atomic mass is 16.6. The number of hydrogen-bond donors (Lipinski definition) is 0. The van der Waals surface area contributed by atoms with E-state index in [1.165, 1.54) is 57.8 Å². The average Bonchev–Trinajstić information content (AvgIpc) is 3.18. The molecular weight excluding hydrogens is 428 g/mol. The van der Waals surface area contributed by atoms with Gasteiger partial charge in [0.25, 0.3) is 0 Å². The third-order valence-corrected chi connectivity index (χ3v) is 6.36. The fourth-order valence-corrected chi connectivity index (χ4v) is 4.25. The zero-order chi connectivity index (χ0) is 24.3. The molecule has 2 rings (SSSR count). The van der Waals surface area contributed by atoms with Crippen LogP contribution in [0.3, 0.4) is 0 Å². The van der Waals surface area contributed by atoms with Crippen molar-refractivity contribution in [3.63, 3.8) is 0 Å². The topological polar surface area (TPSA) is 61.8 Å². The van der Waals surface area contributed by atoms with Crippen molar-refractivity contribution in [1.29, 1.82) is 0 Å². The Labute approximate surface area is 206 Å². The normalized spacial score (nSPS) is 23.3. The van der Waals surface area contributed by atoms with E-state index < -0.39 is 5.60 Å². The molecule has 1 aliphatic carbocycles. The average molecular weight is 473 g/mol. The monoisotopic (exact) mass is 472 g/mol.